The van der Waals surface area contributed by atoms with Crippen molar-refractivity contribution in [2.24, 2.45) is 4.99 Å². The number of carboxylic acids is 1. The Balaban J connectivity index is 0.000000339. The van der Waals surface area contributed by atoms with Crippen molar-refractivity contribution in [3.8, 4) is 0 Å². The summed E-state index contributed by atoms with van der Waals surface area (Å²) in [6, 6.07) is 1.54. The van der Waals surface area contributed by atoms with Gasteiger partial charge in [0.15, 0.2) is 0 Å². The summed E-state index contributed by atoms with van der Waals surface area (Å²) in [7, 11) is 0. The van der Waals surface area contributed by atoms with Gasteiger partial charge in [0.1, 0.15) is 17.3 Å². The summed E-state index contributed by atoms with van der Waals surface area (Å²) in [6.45, 7) is 3.40. The average Bonchev–Trinajstić information content (AvgIpc) is 3.29. The predicted molar refractivity (Wildman–Crippen MR) is 106 cm³/mol. The van der Waals surface area contributed by atoms with Crippen LogP contribution in [0.1, 0.15) is 77.6 Å². The third kappa shape index (κ3) is 5.51. The molecule has 4 fully saturated rings. The summed E-state index contributed by atoms with van der Waals surface area (Å²) in [4.78, 5) is 29.1. The Morgan fingerprint density at radius 1 is 1.16 bits per heavy atom. The molecule has 31 heavy (non-hydrogen) atoms. The minimum atomic E-state index is -5.19. The lowest BCUT2D eigenvalue weighted by molar-refractivity contribution is -0.697. The molecule has 4 aliphatic rings. The number of piperidine rings is 1. The monoisotopic (exact) mass is 446 g/mol. The number of aliphatic carboxylic acids is 1. The molecule has 0 aromatic heterocycles. The van der Waals surface area contributed by atoms with Crippen LogP contribution in [0.2, 0.25) is 0 Å². The lowest BCUT2D eigenvalue weighted by Crippen LogP contribution is -2.93. The number of hydrogen-bond acceptors (Lipinski definition) is 4. The van der Waals surface area contributed by atoms with Gasteiger partial charge in [-0.25, -0.2) is 4.79 Å². The highest BCUT2D eigenvalue weighted by Gasteiger charge is 2.56. The van der Waals surface area contributed by atoms with E-state index in [9.17, 15) is 18.0 Å². The van der Waals surface area contributed by atoms with E-state index in [1.54, 1.807) is 0 Å². The van der Waals surface area contributed by atoms with Crippen LogP contribution in [0.25, 0.3) is 0 Å². The molecular formula is C21H33F3N4O3. The first-order chi connectivity index (χ1) is 14.6. The van der Waals surface area contributed by atoms with E-state index in [0.717, 1.165) is 25.2 Å². The number of rotatable bonds is 2. The van der Waals surface area contributed by atoms with E-state index in [4.69, 9.17) is 14.9 Å². The Bertz CT molecular complexity index is 688. The number of halogens is 3. The second-order valence-corrected chi connectivity index (χ2v) is 9.28. The molecular weight excluding hydrogens is 413 g/mol. The predicted octanol–water partition coefficient (Wildman–Crippen LogP) is 1.47. The van der Waals surface area contributed by atoms with Gasteiger partial charge in [-0.15, -0.1) is 0 Å². The lowest BCUT2D eigenvalue weighted by atomic mass is 9.81. The number of quaternary nitrogens is 1. The highest BCUT2D eigenvalue weighted by molar-refractivity contribution is 6.10. The fourth-order valence-electron chi connectivity index (χ4n) is 5.57. The van der Waals surface area contributed by atoms with Crippen LogP contribution in [0.5, 0.6) is 0 Å². The largest absolute Gasteiger partial charge is 0.542 e. The Kier molecular flexibility index (Phi) is 7.49. The molecule has 0 aromatic carbocycles. The summed E-state index contributed by atoms with van der Waals surface area (Å²) in [5.74, 6) is -1.99. The van der Waals surface area contributed by atoms with Crippen molar-refractivity contribution in [3.63, 3.8) is 0 Å². The maximum atomic E-state index is 12.9. The van der Waals surface area contributed by atoms with E-state index in [-0.39, 0.29) is 11.6 Å². The molecule has 1 spiro atoms. The first-order valence-corrected chi connectivity index (χ1v) is 11.4. The molecule has 2 heterocycles. The van der Waals surface area contributed by atoms with Crippen molar-refractivity contribution >= 4 is 17.8 Å². The third-order valence-corrected chi connectivity index (χ3v) is 6.94. The lowest BCUT2D eigenvalue weighted by Gasteiger charge is -2.44. The van der Waals surface area contributed by atoms with E-state index in [1.807, 2.05) is 0 Å². The highest BCUT2D eigenvalue weighted by atomic mass is 19.4. The Morgan fingerprint density at radius 3 is 2.29 bits per heavy atom. The van der Waals surface area contributed by atoms with Crippen LogP contribution in [0.3, 0.4) is 0 Å². The molecule has 0 aromatic rings. The molecule has 176 valence electrons. The number of urea groups is 1. The van der Waals surface area contributed by atoms with Crippen molar-refractivity contribution in [3.05, 3.63) is 0 Å². The Hall–Kier alpha value is -1.84. The van der Waals surface area contributed by atoms with Crippen LogP contribution in [-0.2, 0) is 4.79 Å². The summed E-state index contributed by atoms with van der Waals surface area (Å²) >= 11 is 0. The minimum absolute atomic E-state index is 0.130. The normalized spacial score (nSPS) is 31.6. The van der Waals surface area contributed by atoms with Gasteiger partial charge in [0, 0.05) is 18.9 Å². The maximum Gasteiger partial charge on any atom is 0.430 e. The summed E-state index contributed by atoms with van der Waals surface area (Å²) < 4.78 is 31.5. The minimum Gasteiger partial charge on any atom is -0.542 e. The topological polar surface area (TPSA) is 101 Å². The second kappa shape index (κ2) is 9.75. The zero-order valence-corrected chi connectivity index (χ0v) is 18.0. The standard InChI is InChI=1S/C19H32N4O.C2HF3O2/c1-14-13-19(11-12-20-14)17(21-15-7-3-2-4-8-15)22-18(24)23(19)16-9-5-6-10-16;3-2(4,5)1(6)7/h14-16,20H,2-13H2,1H3,(H,21,22,24);(H,6,7). The smallest absolute Gasteiger partial charge is 0.430 e. The van der Waals surface area contributed by atoms with Crippen molar-refractivity contribution in [2.75, 3.05) is 6.54 Å². The van der Waals surface area contributed by atoms with Gasteiger partial charge >= 0.3 is 12.2 Å². The molecule has 4 rings (SSSR count). The fourth-order valence-corrected chi connectivity index (χ4v) is 5.57. The molecule has 2 aliphatic heterocycles. The van der Waals surface area contributed by atoms with Crippen LogP contribution in [0.4, 0.5) is 18.0 Å². The number of alkyl halides is 3. The Labute approximate surface area is 180 Å². The van der Waals surface area contributed by atoms with Gasteiger partial charge in [0.2, 0.25) is 0 Å². The number of amides is 2. The van der Waals surface area contributed by atoms with Gasteiger partial charge in [-0.2, -0.15) is 13.2 Å². The van der Waals surface area contributed by atoms with E-state index in [0.29, 0.717) is 18.1 Å². The number of hydrogen-bond donors (Lipinski definition) is 2. The summed E-state index contributed by atoms with van der Waals surface area (Å²) in [6.07, 6.45) is 8.10. The third-order valence-electron chi connectivity index (χ3n) is 6.94. The molecule has 2 atom stereocenters. The van der Waals surface area contributed by atoms with Crippen molar-refractivity contribution in [1.29, 1.82) is 0 Å². The number of amidine groups is 1. The van der Waals surface area contributed by atoms with Crippen molar-refractivity contribution in [2.45, 2.75) is 107 Å². The first-order valence-electron chi connectivity index (χ1n) is 11.4. The van der Waals surface area contributed by atoms with Gasteiger partial charge in [-0.3, -0.25) is 10.3 Å². The SMILES string of the molecule is CC1CC2(CC[NH2+]1)C(=NC1CCCCC1)NC(=O)N2C1CCCC1.O=C([O-])C(F)(F)F. The van der Waals surface area contributed by atoms with E-state index in [2.05, 4.69) is 22.5 Å². The zero-order valence-electron chi connectivity index (χ0n) is 18.0. The molecule has 2 saturated heterocycles. The number of carboxylic acid groups (broad SMARTS) is 1. The van der Waals surface area contributed by atoms with E-state index < -0.39 is 12.1 Å². The molecule has 0 radical (unpaired) electrons. The molecule has 0 bridgehead atoms. The van der Waals surface area contributed by atoms with Crippen molar-refractivity contribution < 1.29 is 33.2 Å². The molecule has 10 heteroatoms. The molecule has 7 nitrogen and oxygen atoms in total. The second-order valence-electron chi connectivity index (χ2n) is 9.28. The summed E-state index contributed by atoms with van der Waals surface area (Å²) in [5, 5.41) is 14.4. The van der Waals surface area contributed by atoms with Crippen LogP contribution in [0.15, 0.2) is 4.99 Å². The van der Waals surface area contributed by atoms with Gasteiger partial charge in [0.05, 0.1) is 18.6 Å². The number of carbonyl (C=O) groups excluding carboxylic acids is 2. The quantitative estimate of drug-likeness (QED) is 0.672. The van der Waals surface area contributed by atoms with Crippen LogP contribution in [0, 0.1) is 0 Å². The molecule has 2 amide bonds. The number of nitrogens with one attached hydrogen (secondary N) is 1. The zero-order chi connectivity index (χ0) is 22.6. The number of nitrogens with zero attached hydrogens (tertiary/aromatic N) is 2. The average molecular weight is 447 g/mol. The molecule has 2 saturated carbocycles. The van der Waals surface area contributed by atoms with Crippen LogP contribution >= 0.6 is 0 Å². The molecule has 2 aliphatic carbocycles. The first kappa shape index (κ1) is 23.8. The summed E-state index contributed by atoms with van der Waals surface area (Å²) in [5.41, 5.74) is -0.141. The number of aliphatic imine (C=N–C) groups is 1. The Morgan fingerprint density at radius 2 is 1.74 bits per heavy atom. The van der Waals surface area contributed by atoms with Crippen LogP contribution < -0.4 is 15.7 Å². The van der Waals surface area contributed by atoms with E-state index >= 15 is 0 Å². The molecule has 2 unspecified atom stereocenters. The van der Waals surface area contributed by atoms with E-state index in [1.165, 1.54) is 57.8 Å². The number of nitrogens with two attached hydrogens (primary N) is 1. The van der Waals surface area contributed by atoms with Gasteiger partial charge < -0.3 is 20.1 Å². The fraction of sp³-hybridized carbons (Fsp3) is 0.857. The maximum absolute atomic E-state index is 12.9. The van der Waals surface area contributed by atoms with Crippen LogP contribution in [-0.4, -0.2) is 59.1 Å². The number of carbonyl (C=O) groups is 2. The van der Waals surface area contributed by atoms with Gasteiger partial charge in [-0.1, -0.05) is 32.1 Å². The molecule has 3 N–H and O–H groups in total. The van der Waals surface area contributed by atoms with Crippen molar-refractivity contribution in [1.82, 2.24) is 10.2 Å². The van der Waals surface area contributed by atoms with Gasteiger partial charge in [-0.05, 0) is 32.6 Å². The van der Waals surface area contributed by atoms with Gasteiger partial charge in [0.25, 0.3) is 0 Å². The highest BCUT2D eigenvalue weighted by Crippen LogP contribution is 2.39.